The number of rotatable bonds is 9. The number of aliphatic carboxylic acids is 1. The molecule has 5 atom stereocenters. The summed E-state index contributed by atoms with van der Waals surface area (Å²) in [6, 6.07) is 7.10. The smallest absolute Gasteiger partial charge is 0.326 e. The average Bonchev–Trinajstić information content (AvgIpc) is 2.59. The minimum Gasteiger partial charge on any atom is -0.480 e. The number of hydrogen-bond acceptors (Lipinski definition) is 7. The van der Waals surface area contributed by atoms with E-state index in [2.05, 4.69) is 5.32 Å². The van der Waals surface area contributed by atoms with Crippen molar-refractivity contribution >= 4 is 11.9 Å². The summed E-state index contributed by atoms with van der Waals surface area (Å²) in [5.41, 5.74) is 0.635. The fraction of sp³-hybridized carbons (Fsp3) is 0.467. The third-order valence-electron chi connectivity index (χ3n) is 3.42. The van der Waals surface area contributed by atoms with Gasteiger partial charge in [0, 0.05) is 6.42 Å². The monoisotopic (exact) mass is 343 g/mol. The van der Waals surface area contributed by atoms with E-state index in [-0.39, 0.29) is 6.42 Å². The predicted molar refractivity (Wildman–Crippen MR) is 80.8 cm³/mol. The van der Waals surface area contributed by atoms with Crippen LogP contribution in [0, 0.1) is 0 Å². The van der Waals surface area contributed by atoms with Crippen molar-refractivity contribution in [1.29, 1.82) is 0 Å². The van der Waals surface area contributed by atoms with E-state index in [1.807, 2.05) is 0 Å². The van der Waals surface area contributed by atoms with Crippen molar-refractivity contribution in [2.24, 2.45) is 0 Å². The molecule has 0 aliphatic heterocycles. The minimum atomic E-state index is -2.18. The number of aliphatic hydroxyl groups is 5. The van der Waals surface area contributed by atoms with Crippen LogP contribution in [0.3, 0.4) is 0 Å². The van der Waals surface area contributed by atoms with E-state index in [0.717, 1.165) is 0 Å². The first-order chi connectivity index (χ1) is 11.3. The van der Waals surface area contributed by atoms with Crippen LogP contribution in [0.15, 0.2) is 30.3 Å². The van der Waals surface area contributed by atoms with Crippen molar-refractivity contribution in [3.8, 4) is 0 Å². The third-order valence-corrected chi connectivity index (χ3v) is 3.42. The second-order valence-corrected chi connectivity index (χ2v) is 5.27. The van der Waals surface area contributed by atoms with Gasteiger partial charge in [-0.15, -0.1) is 0 Å². The molecule has 0 aromatic heterocycles. The molecule has 134 valence electrons. The van der Waals surface area contributed by atoms with Crippen LogP contribution in [-0.4, -0.2) is 79.6 Å². The summed E-state index contributed by atoms with van der Waals surface area (Å²) in [6.45, 7) is -0.891. The summed E-state index contributed by atoms with van der Waals surface area (Å²) in [7, 11) is 0. The minimum absolute atomic E-state index is 0.0491. The van der Waals surface area contributed by atoms with Gasteiger partial charge in [-0.25, -0.2) is 4.79 Å². The van der Waals surface area contributed by atoms with E-state index in [9.17, 15) is 30.0 Å². The second kappa shape index (κ2) is 9.30. The Bertz CT molecular complexity index is 538. The van der Waals surface area contributed by atoms with Crippen molar-refractivity contribution in [2.45, 2.75) is 36.9 Å². The van der Waals surface area contributed by atoms with Gasteiger partial charge in [0.15, 0.2) is 6.10 Å². The molecule has 7 N–H and O–H groups in total. The number of nitrogens with one attached hydrogen (secondary N) is 1. The largest absolute Gasteiger partial charge is 0.480 e. The van der Waals surface area contributed by atoms with Crippen molar-refractivity contribution in [3.63, 3.8) is 0 Å². The molecule has 0 radical (unpaired) electrons. The highest BCUT2D eigenvalue weighted by molar-refractivity contribution is 5.86. The van der Waals surface area contributed by atoms with Crippen LogP contribution in [0.2, 0.25) is 0 Å². The van der Waals surface area contributed by atoms with Gasteiger partial charge in [-0.2, -0.15) is 0 Å². The van der Waals surface area contributed by atoms with Crippen LogP contribution in [0.1, 0.15) is 5.56 Å². The van der Waals surface area contributed by atoms with Gasteiger partial charge in [-0.1, -0.05) is 30.3 Å². The Morgan fingerprint density at radius 3 is 2.08 bits per heavy atom. The first kappa shape index (κ1) is 20.0. The van der Waals surface area contributed by atoms with Gasteiger partial charge >= 0.3 is 5.97 Å². The lowest BCUT2D eigenvalue weighted by Gasteiger charge is -2.26. The Labute approximate surface area is 137 Å². The number of amides is 1. The van der Waals surface area contributed by atoms with Gasteiger partial charge in [-0.05, 0) is 5.56 Å². The molecule has 1 amide bonds. The van der Waals surface area contributed by atoms with Crippen LogP contribution in [0.25, 0.3) is 0 Å². The number of carboxylic acids is 1. The maximum absolute atomic E-state index is 11.9. The molecule has 1 aromatic rings. The van der Waals surface area contributed by atoms with Gasteiger partial charge in [0.1, 0.15) is 24.4 Å². The highest BCUT2D eigenvalue weighted by Crippen LogP contribution is 2.08. The lowest BCUT2D eigenvalue weighted by molar-refractivity contribution is -0.152. The zero-order chi connectivity index (χ0) is 18.3. The summed E-state index contributed by atoms with van der Waals surface area (Å²) in [5.74, 6) is -2.57. The fourth-order valence-electron chi connectivity index (χ4n) is 1.98. The maximum atomic E-state index is 11.9. The number of carbonyl (C=O) groups is 2. The average molecular weight is 343 g/mol. The Hall–Kier alpha value is -2.04. The predicted octanol–water partition coefficient (Wildman–Crippen LogP) is -2.77. The molecule has 0 heterocycles. The van der Waals surface area contributed by atoms with Crippen LogP contribution in [0.5, 0.6) is 0 Å². The van der Waals surface area contributed by atoms with Gasteiger partial charge in [0.25, 0.3) is 5.91 Å². The molecular formula is C15H21NO8. The first-order valence-electron chi connectivity index (χ1n) is 7.18. The number of benzene rings is 1. The molecule has 24 heavy (non-hydrogen) atoms. The normalized spacial score (nSPS) is 17.4. The van der Waals surface area contributed by atoms with Crippen molar-refractivity contribution in [1.82, 2.24) is 5.32 Å². The molecule has 0 aliphatic rings. The van der Waals surface area contributed by atoms with Crippen LogP contribution in [0.4, 0.5) is 0 Å². The molecule has 0 spiro atoms. The van der Waals surface area contributed by atoms with E-state index in [4.69, 9.17) is 10.2 Å². The van der Waals surface area contributed by atoms with E-state index < -0.39 is 48.9 Å². The van der Waals surface area contributed by atoms with E-state index in [1.165, 1.54) is 0 Å². The van der Waals surface area contributed by atoms with E-state index >= 15 is 0 Å². The van der Waals surface area contributed by atoms with Gasteiger partial charge in [-0.3, -0.25) is 4.79 Å². The number of carbonyl (C=O) groups excluding carboxylic acids is 1. The number of hydrogen-bond donors (Lipinski definition) is 7. The van der Waals surface area contributed by atoms with Crippen molar-refractivity contribution in [3.05, 3.63) is 35.9 Å². The summed E-state index contributed by atoms with van der Waals surface area (Å²) < 4.78 is 0. The topological polar surface area (TPSA) is 168 Å². The lowest BCUT2D eigenvalue weighted by atomic mass is 10.0. The third kappa shape index (κ3) is 5.55. The second-order valence-electron chi connectivity index (χ2n) is 5.27. The van der Waals surface area contributed by atoms with Gasteiger partial charge in [0.05, 0.1) is 6.61 Å². The molecule has 0 saturated heterocycles. The van der Waals surface area contributed by atoms with Crippen LogP contribution in [-0.2, 0) is 16.0 Å². The summed E-state index contributed by atoms with van der Waals surface area (Å²) >= 11 is 0. The Kier molecular flexibility index (Phi) is 7.75. The summed E-state index contributed by atoms with van der Waals surface area (Å²) in [6.07, 6.45) is -8.07. The number of aliphatic hydroxyl groups excluding tert-OH is 5. The van der Waals surface area contributed by atoms with Gasteiger partial charge in [0.2, 0.25) is 0 Å². The standard InChI is InChI=1S/C15H21NO8/c17-7-10(18)11(19)12(20)13(21)14(22)16-9(15(23)24)6-8-4-2-1-3-5-8/h1-5,9-13,17-21H,6-7H2,(H,16,22)(H,23,24). The molecule has 0 saturated carbocycles. The zero-order valence-electron chi connectivity index (χ0n) is 12.7. The maximum Gasteiger partial charge on any atom is 0.326 e. The highest BCUT2D eigenvalue weighted by atomic mass is 16.4. The van der Waals surface area contributed by atoms with Gasteiger partial charge < -0.3 is 36.0 Å². The molecule has 0 aliphatic carbocycles. The summed E-state index contributed by atoms with van der Waals surface area (Å²) in [5, 5.41) is 57.9. The SMILES string of the molecule is O=C(O)C(Cc1ccccc1)NC(=O)C(O)C(O)C(O)C(O)CO. The Balaban J connectivity index is 2.72. The molecule has 1 aromatic carbocycles. The lowest BCUT2D eigenvalue weighted by Crippen LogP contribution is -2.54. The van der Waals surface area contributed by atoms with Crippen LogP contribution < -0.4 is 5.32 Å². The van der Waals surface area contributed by atoms with E-state index in [1.54, 1.807) is 30.3 Å². The van der Waals surface area contributed by atoms with Crippen LogP contribution >= 0.6 is 0 Å². The first-order valence-corrected chi connectivity index (χ1v) is 7.18. The van der Waals surface area contributed by atoms with E-state index in [0.29, 0.717) is 5.56 Å². The molecule has 9 heteroatoms. The Morgan fingerprint density at radius 2 is 1.58 bits per heavy atom. The highest BCUT2D eigenvalue weighted by Gasteiger charge is 2.35. The summed E-state index contributed by atoms with van der Waals surface area (Å²) in [4.78, 5) is 23.1. The molecule has 9 nitrogen and oxygen atoms in total. The molecule has 0 fully saturated rings. The Morgan fingerprint density at radius 1 is 1.00 bits per heavy atom. The van der Waals surface area contributed by atoms with Crippen molar-refractivity contribution < 1.29 is 40.2 Å². The molecule has 0 bridgehead atoms. The molecule has 5 unspecified atom stereocenters. The van der Waals surface area contributed by atoms with Crippen molar-refractivity contribution in [2.75, 3.05) is 6.61 Å². The quantitative estimate of drug-likeness (QED) is 0.253. The number of carboxylic acid groups (broad SMARTS) is 1. The molecular weight excluding hydrogens is 322 g/mol. The fourth-order valence-corrected chi connectivity index (χ4v) is 1.98. The zero-order valence-corrected chi connectivity index (χ0v) is 12.7. The molecule has 1 rings (SSSR count).